The van der Waals surface area contributed by atoms with Gasteiger partial charge in [-0.05, 0) is 42.8 Å². The van der Waals surface area contributed by atoms with E-state index >= 15 is 0 Å². The Labute approximate surface area is 227 Å². The molecule has 11 heteroatoms. The third-order valence-electron chi connectivity index (χ3n) is 5.60. The van der Waals surface area contributed by atoms with E-state index in [1.54, 1.807) is 43.3 Å². The predicted molar refractivity (Wildman–Crippen MR) is 143 cm³/mol. The number of aryl methyl sites for hydroxylation is 1. The highest BCUT2D eigenvalue weighted by atomic mass is 79.9. The van der Waals surface area contributed by atoms with Gasteiger partial charge in [0.05, 0.1) is 32.7 Å². The molecule has 2 aromatic carbocycles. The first-order valence-corrected chi connectivity index (χ1v) is 12.9. The van der Waals surface area contributed by atoms with Crippen LogP contribution in [0.15, 0.2) is 62.7 Å². The van der Waals surface area contributed by atoms with Crippen LogP contribution < -0.4 is 10.3 Å². The molecule has 7 nitrogen and oxygen atoms in total. The number of hydrogen-bond acceptors (Lipinski definition) is 7. The van der Waals surface area contributed by atoms with Crippen molar-refractivity contribution in [3.8, 4) is 0 Å². The van der Waals surface area contributed by atoms with Crippen molar-refractivity contribution >= 4 is 78.4 Å². The van der Waals surface area contributed by atoms with Gasteiger partial charge in [-0.25, -0.2) is 9.78 Å². The molecule has 0 aliphatic carbocycles. The van der Waals surface area contributed by atoms with Crippen molar-refractivity contribution in [3.63, 3.8) is 0 Å². The summed E-state index contributed by atoms with van der Waals surface area (Å²) >= 11 is 16.8. The summed E-state index contributed by atoms with van der Waals surface area (Å²) in [5.41, 5.74) is 0.968. The van der Waals surface area contributed by atoms with Crippen molar-refractivity contribution in [2.45, 2.75) is 13.0 Å². The number of esters is 1. The van der Waals surface area contributed by atoms with Crippen LogP contribution >= 0.6 is 50.5 Å². The predicted octanol–water partition coefficient (Wildman–Crippen LogP) is 6.72. The lowest BCUT2D eigenvalue weighted by atomic mass is 9.99. The molecule has 0 spiro atoms. The maximum absolute atomic E-state index is 13.7. The highest BCUT2D eigenvalue weighted by molar-refractivity contribution is 9.10. The van der Waals surface area contributed by atoms with E-state index in [4.69, 9.17) is 32.4 Å². The largest absolute Gasteiger partial charge is 0.457 e. The number of fused-ring (bicyclic) bond motifs is 2. The molecule has 36 heavy (non-hydrogen) atoms. The number of benzene rings is 2. The lowest BCUT2D eigenvalue weighted by Crippen LogP contribution is -2.29. The highest BCUT2D eigenvalue weighted by Gasteiger charge is 2.45. The van der Waals surface area contributed by atoms with E-state index in [1.807, 2.05) is 0 Å². The maximum atomic E-state index is 13.7. The van der Waals surface area contributed by atoms with Gasteiger partial charge in [0.1, 0.15) is 17.1 Å². The summed E-state index contributed by atoms with van der Waals surface area (Å²) in [6.45, 7) is 5.21. The molecule has 1 amide bonds. The van der Waals surface area contributed by atoms with Crippen LogP contribution in [0.5, 0.6) is 0 Å². The smallest absolute Gasteiger partial charge is 0.350 e. The summed E-state index contributed by atoms with van der Waals surface area (Å²) in [4.78, 5) is 46.0. The monoisotopic (exact) mass is 604 g/mol. The fourth-order valence-electron chi connectivity index (χ4n) is 4.02. The summed E-state index contributed by atoms with van der Waals surface area (Å²) in [6, 6.07) is 8.92. The van der Waals surface area contributed by atoms with Crippen molar-refractivity contribution in [2.75, 3.05) is 11.5 Å². The lowest BCUT2D eigenvalue weighted by Gasteiger charge is -2.22. The summed E-state index contributed by atoms with van der Waals surface area (Å²) in [5.74, 6) is -1.26. The lowest BCUT2D eigenvalue weighted by molar-refractivity contribution is 0.0554. The number of thiazole rings is 1. The Morgan fingerprint density at radius 3 is 2.75 bits per heavy atom. The van der Waals surface area contributed by atoms with E-state index in [0.29, 0.717) is 26.1 Å². The van der Waals surface area contributed by atoms with Gasteiger partial charge in [0.2, 0.25) is 5.76 Å². The second-order valence-electron chi connectivity index (χ2n) is 7.86. The Balaban J connectivity index is 1.74. The molecule has 5 rings (SSSR count). The van der Waals surface area contributed by atoms with E-state index in [0.717, 1.165) is 11.3 Å². The first kappa shape index (κ1) is 24.7. The van der Waals surface area contributed by atoms with E-state index in [9.17, 15) is 14.4 Å². The molecule has 1 aliphatic rings. The topological polar surface area (TPSA) is 89.7 Å². The Bertz CT molecular complexity index is 1650. The van der Waals surface area contributed by atoms with Gasteiger partial charge in [0, 0.05) is 4.47 Å². The average molecular weight is 606 g/mol. The quantitative estimate of drug-likeness (QED) is 0.185. The summed E-state index contributed by atoms with van der Waals surface area (Å²) in [5, 5.41) is 1.09. The van der Waals surface area contributed by atoms with Gasteiger partial charge in [-0.2, -0.15) is 0 Å². The van der Waals surface area contributed by atoms with E-state index < -0.39 is 17.9 Å². The number of halogens is 3. The molecule has 1 aliphatic heterocycles. The van der Waals surface area contributed by atoms with Gasteiger partial charge < -0.3 is 9.15 Å². The second-order valence-corrected chi connectivity index (χ2v) is 10.6. The number of amides is 1. The number of hydrogen-bond donors (Lipinski definition) is 0. The minimum atomic E-state index is -0.913. The minimum absolute atomic E-state index is 0.0338. The van der Waals surface area contributed by atoms with Crippen LogP contribution in [0.4, 0.5) is 5.13 Å². The molecular weight excluding hydrogens is 591 g/mol. The SMILES string of the molecule is C=CCOC(=O)c1sc(N2C(=O)c3oc4ccc(Br)cc4c(=O)c3C2c2ccc(Cl)c(Cl)c2)nc1C. The summed E-state index contributed by atoms with van der Waals surface area (Å²) in [7, 11) is 0. The van der Waals surface area contributed by atoms with Gasteiger partial charge in [0.25, 0.3) is 5.91 Å². The Morgan fingerprint density at radius 1 is 1.25 bits per heavy atom. The molecule has 0 saturated carbocycles. The number of nitrogens with zero attached hydrogens (tertiary/aromatic N) is 2. The van der Waals surface area contributed by atoms with Crippen LogP contribution in [-0.2, 0) is 4.74 Å². The van der Waals surface area contributed by atoms with Crippen LogP contribution in [0.2, 0.25) is 10.0 Å². The molecule has 3 heterocycles. The molecule has 2 aromatic heterocycles. The molecule has 0 N–H and O–H groups in total. The van der Waals surface area contributed by atoms with Gasteiger partial charge in [-0.15, -0.1) is 0 Å². The van der Waals surface area contributed by atoms with Crippen LogP contribution in [0, 0.1) is 6.92 Å². The number of rotatable bonds is 5. The van der Waals surface area contributed by atoms with Crippen molar-refractivity contribution < 1.29 is 18.7 Å². The molecule has 1 atom stereocenters. The van der Waals surface area contributed by atoms with Crippen molar-refractivity contribution in [1.82, 2.24) is 4.98 Å². The molecule has 0 fully saturated rings. The molecule has 0 bridgehead atoms. The third-order valence-corrected chi connectivity index (χ3v) is 7.97. The molecule has 0 radical (unpaired) electrons. The number of anilines is 1. The molecular formula is C25H15BrCl2N2O5S. The summed E-state index contributed by atoms with van der Waals surface area (Å²) < 4.78 is 11.8. The Hall–Kier alpha value is -2.98. The number of aromatic nitrogens is 1. The number of carbonyl (C=O) groups is 2. The molecule has 182 valence electrons. The van der Waals surface area contributed by atoms with Gasteiger partial charge >= 0.3 is 5.97 Å². The Morgan fingerprint density at radius 2 is 2.03 bits per heavy atom. The van der Waals surface area contributed by atoms with Crippen LogP contribution in [0.25, 0.3) is 11.0 Å². The fourth-order valence-corrected chi connectivity index (χ4v) is 5.67. The molecule has 4 aromatic rings. The van der Waals surface area contributed by atoms with Gasteiger partial charge in [-0.3, -0.25) is 14.5 Å². The zero-order valence-corrected chi connectivity index (χ0v) is 22.4. The zero-order chi connectivity index (χ0) is 25.7. The zero-order valence-electron chi connectivity index (χ0n) is 18.5. The number of ether oxygens (including phenoxy) is 1. The van der Waals surface area contributed by atoms with Gasteiger partial charge in [0.15, 0.2) is 10.6 Å². The van der Waals surface area contributed by atoms with Crippen molar-refractivity contribution in [2.24, 2.45) is 0 Å². The normalized spacial score (nSPS) is 14.8. The third kappa shape index (κ3) is 4.06. The minimum Gasteiger partial charge on any atom is -0.457 e. The van der Waals surface area contributed by atoms with Crippen molar-refractivity contribution in [1.29, 1.82) is 0 Å². The first-order chi connectivity index (χ1) is 17.2. The van der Waals surface area contributed by atoms with Gasteiger partial charge in [-0.1, -0.05) is 69.2 Å². The fraction of sp³-hybridized carbons (Fsp3) is 0.120. The van der Waals surface area contributed by atoms with Crippen molar-refractivity contribution in [3.05, 3.63) is 101 Å². The van der Waals surface area contributed by atoms with E-state index in [1.165, 1.54) is 11.0 Å². The number of carbonyl (C=O) groups excluding carboxylic acids is 2. The highest BCUT2D eigenvalue weighted by Crippen LogP contribution is 2.44. The maximum Gasteiger partial charge on any atom is 0.350 e. The standard InChI is InChI=1S/C25H15BrCl2N2O5S/c1-3-8-34-24(33)22-11(2)29-25(36-22)30-19(12-4-6-15(27)16(28)9-12)18-20(31)14-10-13(26)5-7-17(14)35-21(18)23(30)32/h3-7,9-10,19H,1,8H2,2H3. The van der Waals surface area contributed by atoms with E-state index in [2.05, 4.69) is 27.5 Å². The van der Waals surface area contributed by atoms with Crippen LogP contribution in [0.1, 0.15) is 43.1 Å². The Kier molecular flexibility index (Phi) is 6.50. The first-order valence-electron chi connectivity index (χ1n) is 10.5. The second kappa shape index (κ2) is 9.48. The molecule has 1 unspecified atom stereocenters. The molecule has 0 saturated heterocycles. The van der Waals surface area contributed by atoms with Crippen LogP contribution in [0.3, 0.4) is 0 Å². The van der Waals surface area contributed by atoms with Crippen LogP contribution in [-0.4, -0.2) is 23.5 Å². The summed E-state index contributed by atoms with van der Waals surface area (Å²) in [6.07, 6.45) is 1.45. The van der Waals surface area contributed by atoms with E-state index in [-0.39, 0.29) is 44.0 Å². The average Bonchev–Trinajstić information content (AvgIpc) is 3.37.